The highest BCUT2D eigenvalue weighted by Gasteiger charge is 2.71. The molecule has 22 heavy (non-hydrogen) atoms. The van der Waals surface area contributed by atoms with Gasteiger partial charge in [0.2, 0.25) is 0 Å². The van der Waals surface area contributed by atoms with Crippen molar-refractivity contribution < 1.29 is 4.79 Å². The second-order valence-electron chi connectivity index (χ2n) is 6.09. The second kappa shape index (κ2) is 4.77. The highest BCUT2D eigenvalue weighted by Crippen LogP contribution is 2.63. The number of hydrogen-bond donors (Lipinski definition) is 0. The number of aromatic nitrogens is 2. The van der Waals surface area contributed by atoms with Crippen molar-refractivity contribution >= 4 is 29.0 Å². The molecule has 0 spiro atoms. The standard InChI is InChI=1S/C17H14Cl2N2O/c18-13-9-16(13,11-1-5-20-6-2-11)15(22)17(10-14(17)19)12-3-7-21-8-4-12/h1-8,13-14H,9-10H2. The highest BCUT2D eigenvalue weighted by atomic mass is 35.5. The van der Waals surface area contributed by atoms with Gasteiger partial charge in [-0.05, 0) is 48.2 Å². The van der Waals surface area contributed by atoms with Crippen molar-refractivity contribution in [1.82, 2.24) is 9.97 Å². The van der Waals surface area contributed by atoms with Crippen molar-refractivity contribution in [2.75, 3.05) is 0 Å². The van der Waals surface area contributed by atoms with E-state index < -0.39 is 10.8 Å². The topological polar surface area (TPSA) is 42.9 Å². The van der Waals surface area contributed by atoms with E-state index in [-0.39, 0.29) is 16.5 Å². The molecule has 0 N–H and O–H groups in total. The van der Waals surface area contributed by atoms with Gasteiger partial charge in [0, 0.05) is 24.8 Å². The molecule has 0 saturated heterocycles. The average Bonchev–Trinajstić information content (AvgIpc) is 3.44. The Kier molecular flexibility index (Phi) is 3.07. The Morgan fingerprint density at radius 1 is 0.864 bits per heavy atom. The van der Waals surface area contributed by atoms with E-state index in [9.17, 15) is 4.79 Å². The van der Waals surface area contributed by atoms with E-state index in [1.165, 1.54) is 0 Å². The van der Waals surface area contributed by atoms with Crippen LogP contribution >= 0.6 is 23.2 Å². The van der Waals surface area contributed by atoms with Crippen LogP contribution in [0.5, 0.6) is 0 Å². The number of halogens is 2. The number of carbonyl (C=O) groups excluding carboxylic acids is 1. The summed E-state index contributed by atoms with van der Waals surface area (Å²) in [6.45, 7) is 0. The van der Waals surface area contributed by atoms with Crippen molar-refractivity contribution in [3.8, 4) is 0 Å². The van der Waals surface area contributed by atoms with Gasteiger partial charge in [0.1, 0.15) is 0 Å². The summed E-state index contributed by atoms with van der Waals surface area (Å²) < 4.78 is 0. The number of ketones is 1. The van der Waals surface area contributed by atoms with Gasteiger partial charge in [0.15, 0.2) is 5.78 Å². The Morgan fingerprint density at radius 2 is 1.18 bits per heavy atom. The first-order valence-electron chi connectivity index (χ1n) is 7.26. The number of carbonyl (C=O) groups is 1. The van der Waals surface area contributed by atoms with Crippen LogP contribution in [0.15, 0.2) is 49.1 Å². The van der Waals surface area contributed by atoms with E-state index in [2.05, 4.69) is 9.97 Å². The Hall–Kier alpha value is -1.45. The molecule has 2 aromatic rings. The summed E-state index contributed by atoms with van der Waals surface area (Å²) in [5.41, 5.74) is 0.628. The van der Waals surface area contributed by atoms with Gasteiger partial charge in [-0.1, -0.05) is 0 Å². The highest BCUT2D eigenvalue weighted by molar-refractivity contribution is 6.32. The number of alkyl halides is 2. The molecule has 4 unspecified atom stereocenters. The number of rotatable bonds is 4. The van der Waals surface area contributed by atoms with E-state index in [1.54, 1.807) is 24.8 Å². The van der Waals surface area contributed by atoms with Crippen LogP contribution in [0.1, 0.15) is 24.0 Å². The zero-order valence-electron chi connectivity index (χ0n) is 11.7. The lowest BCUT2D eigenvalue weighted by Gasteiger charge is -2.23. The summed E-state index contributed by atoms with van der Waals surface area (Å²) in [6.07, 6.45) is 8.14. The van der Waals surface area contributed by atoms with Crippen LogP contribution in [0.4, 0.5) is 0 Å². The van der Waals surface area contributed by atoms with Gasteiger partial charge in [0.25, 0.3) is 0 Å². The third-order valence-corrected chi connectivity index (χ3v) is 6.01. The molecule has 2 saturated carbocycles. The lowest BCUT2D eigenvalue weighted by atomic mass is 9.79. The van der Waals surface area contributed by atoms with Gasteiger partial charge in [-0.2, -0.15) is 0 Å². The zero-order valence-corrected chi connectivity index (χ0v) is 13.3. The Balaban J connectivity index is 1.78. The Labute approximate surface area is 138 Å². The van der Waals surface area contributed by atoms with Gasteiger partial charge < -0.3 is 0 Å². The summed E-state index contributed by atoms with van der Waals surface area (Å²) >= 11 is 12.8. The van der Waals surface area contributed by atoms with Crippen molar-refractivity contribution in [2.45, 2.75) is 34.4 Å². The Morgan fingerprint density at radius 3 is 1.45 bits per heavy atom. The molecule has 0 bridgehead atoms. The molecule has 2 fully saturated rings. The molecular weight excluding hydrogens is 319 g/mol. The minimum absolute atomic E-state index is 0.136. The molecule has 112 valence electrons. The van der Waals surface area contributed by atoms with Crippen LogP contribution in [0.25, 0.3) is 0 Å². The van der Waals surface area contributed by atoms with Crippen LogP contribution in [0.3, 0.4) is 0 Å². The average molecular weight is 333 g/mol. The minimum Gasteiger partial charge on any atom is -0.298 e. The SMILES string of the molecule is O=C(C1(c2ccncc2)CC1Cl)C1(c2ccncc2)CC1Cl. The fraction of sp³-hybridized carbons (Fsp3) is 0.353. The quantitative estimate of drug-likeness (QED) is 0.807. The van der Waals surface area contributed by atoms with Crippen LogP contribution in [-0.2, 0) is 15.6 Å². The predicted molar refractivity (Wildman–Crippen MR) is 85.4 cm³/mol. The molecule has 2 aromatic heterocycles. The molecule has 4 atom stereocenters. The maximum Gasteiger partial charge on any atom is 0.156 e. The van der Waals surface area contributed by atoms with Crippen molar-refractivity contribution in [3.05, 3.63) is 60.2 Å². The number of pyridine rings is 2. The fourth-order valence-corrected chi connectivity index (χ4v) is 4.41. The van der Waals surface area contributed by atoms with E-state index in [4.69, 9.17) is 23.2 Å². The molecule has 0 aliphatic heterocycles. The molecule has 2 heterocycles. The second-order valence-corrected chi connectivity index (χ2v) is 7.14. The van der Waals surface area contributed by atoms with E-state index in [0.29, 0.717) is 12.8 Å². The summed E-state index contributed by atoms with van der Waals surface area (Å²) in [5, 5.41) is -0.351. The van der Waals surface area contributed by atoms with Gasteiger partial charge in [-0.15, -0.1) is 23.2 Å². The van der Waals surface area contributed by atoms with Crippen molar-refractivity contribution in [1.29, 1.82) is 0 Å². The van der Waals surface area contributed by atoms with Crippen LogP contribution in [0, 0.1) is 0 Å². The largest absolute Gasteiger partial charge is 0.298 e. The fourth-order valence-electron chi connectivity index (χ4n) is 3.47. The van der Waals surface area contributed by atoms with E-state index in [1.807, 2.05) is 24.3 Å². The van der Waals surface area contributed by atoms with Gasteiger partial charge in [-0.3, -0.25) is 14.8 Å². The van der Waals surface area contributed by atoms with Crippen molar-refractivity contribution in [2.24, 2.45) is 0 Å². The summed E-state index contributed by atoms with van der Waals surface area (Å²) in [4.78, 5) is 21.5. The first-order chi connectivity index (χ1) is 10.6. The third-order valence-electron chi connectivity index (χ3n) is 4.95. The normalized spacial score (nSPS) is 35.9. The minimum atomic E-state index is -0.628. The molecule has 2 aliphatic rings. The summed E-state index contributed by atoms with van der Waals surface area (Å²) in [7, 11) is 0. The van der Waals surface area contributed by atoms with Gasteiger partial charge in [-0.25, -0.2) is 0 Å². The third kappa shape index (κ3) is 1.79. The van der Waals surface area contributed by atoms with Crippen LogP contribution in [0.2, 0.25) is 0 Å². The summed E-state index contributed by atoms with van der Waals surface area (Å²) in [5.74, 6) is 0.136. The van der Waals surface area contributed by atoms with Crippen molar-refractivity contribution in [3.63, 3.8) is 0 Å². The molecule has 5 heteroatoms. The molecule has 0 aromatic carbocycles. The first-order valence-corrected chi connectivity index (χ1v) is 8.14. The maximum absolute atomic E-state index is 13.4. The Bertz CT molecular complexity index is 662. The molecule has 3 nitrogen and oxygen atoms in total. The predicted octanol–water partition coefficient (Wildman–Crippen LogP) is 3.24. The van der Waals surface area contributed by atoms with Gasteiger partial charge >= 0.3 is 0 Å². The molecule has 0 radical (unpaired) electrons. The molecule has 0 amide bonds. The number of nitrogens with zero attached hydrogens (tertiary/aromatic N) is 2. The van der Waals surface area contributed by atoms with Gasteiger partial charge in [0.05, 0.1) is 21.6 Å². The maximum atomic E-state index is 13.4. The lowest BCUT2D eigenvalue weighted by Crippen LogP contribution is -2.36. The number of hydrogen-bond acceptors (Lipinski definition) is 3. The molecule has 4 rings (SSSR count). The first kappa shape index (κ1) is 14.2. The zero-order chi connectivity index (χ0) is 15.4. The monoisotopic (exact) mass is 332 g/mol. The lowest BCUT2D eigenvalue weighted by molar-refractivity contribution is -0.123. The van der Waals surface area contributed by atoms with Crippen LogP contribution < -0.4 is 0 Å². The number of Topliss-reactive ketones (excluding diaryl/α,β-unsaturated/α-hetero) is 1. The molecule has 2 aliphatic carbocycles. The molecular formula is C17H14Cl2N2O. The van der Waals surface area contributed by atoms with E-state index >= 15 is 0 Å². The van der Waals surface area contributed by atoms with Crippen LogP contribution in [-0.4, -0.2) is 26.5 Å². The summed E-state index contributed by atoms with van der Waals surface area (Å²) in [6, 6.07) is 7.52. The smallest absolute Gasteiger partial charge is 0.156 e. The van der Waals surface area contributed by atoms with E-state index in [0.717, 1.165) is 11.1 Å².